The van der Waals surface area contributed by atoms with Crippen LogP contribution in [0.4, 0.5) is 11.5 Å². The fourth-order valence-corrected chi connectivity index (χ4v) is 3.70. The molecule has 0 saturated heterocycles. The predicted octanol–water partition coefficient (Wildman–Crippen LogP) is 1.34. The van der Waals surface area contributed by atoms with Crippen LogP contribution in [0.1, 0.15) is 41.9 Å². The largest absolute Gasteiger partial charge is 0.378 e. The Morgan fingerprint density at radius 1 is 1.10 bits per heavy atom. The molecular formula is C21H22N6O3. The minimum atomic E-state index is -0.708. The molecule has 2 aromatic heterocycles. The fourth-order valence-electron chi connectivity index (χ4n) is 3.70. The molecular weight excluding hydrogens is 384 g/mol. The highest BCUT2D eigenvalue weighted by Gasteiger charge is 2.40. The molecule has 30 heavy (non-hydrogen) atoms. The van der Waals surface area contributed by atoms with Crippen molar-refractivity contribution in [3.05, 3.63) is 73.2 Å². The minimum Gasteiger partial charge on any atom is -0.378 e. The lowest BCUT2D eigenvalue weighted by molar-refractivity contribution is -0.119. The van der Waals surface area contributed by atoms with Gasteiger partial charge in [0.1, 0.15) is 0 Å². The van der Waals surface area contributed by atoms with Crippen molar-refractivity contribution in [3.63, 3.8) is 0 Å². The highest BCUT2D eigenvalue weighted by molar-refractivity contribution is 6.04. The number of anilines is 2. The van der Waals surface area contributed by atoms with Crippen LogP contribution in [0.5, 0.6) is 0 Å². The molecule has 3 heterocycles. The molecule has 4 rings (SSSR count). The molecule has 1 aliphatic heterocycles. The van der Waals surface area contributed by atoms with E-state index in [1.807, 2.05) is 52.0 Å². The Morgan fingerprint density at radius 2 is 1.77 bits per heavy atom. The number of aryl methyl sites for hydroxylation is 2. The number of hydrogen-bond acceptors (Lipinski definition) is 6. The van der Waals surface area contributed by atoms with Gasteiger partial charge in [-0.3, -0.25) is 19.6 Å². The van der Waals surface area contributed by atoms with E-state index in [0.29, 0.717) is 12.1 Å². The summed E-state index contributed by atoms with van der Waals surface area (Å²) in [5.74, 6) is -0.334. The van der Waals surface area contributed by atoms with Crippen LogP contribution in [0.3, 0.4) is 0 Å². The first kappa shape index (κ1) is 19.6. The molecule has 9 heteroatoms. The second-order valence-electron chi connectivity index (χ2n) is 8.07. The lowest BCUT2D eigenvalue weighted by Crippen LogP contribution is -2.33. The molecule has 0 fully saturated rings. The average molecular weight is 406 g/mol. The molecule has 154 valence electrons. The van der Waals surface area contributed by atoms with Crippen molar-refractivity contribution < 1.29 is 4.79 Å². The quantitative estimate of drug-likeness (QED) is 0.600. The summed E-state index contributed by atoms with van der Waals surface area (Å²) in [5, 5.41) is 6.75. The SMILES string of the molecule is Cc1cc(-n2nc(N)c(=O)[nH]c2=O)cc(C)c1Cc1ccc2c(n1)C(C)(C)C(=O)N2. The molecule has 0 radical (unpaired) electrons. The van der Waals surface area contributed by atoms with Gasteiger partial charge in [0.05, 0.1) is 22.5 Å². The zero-order valence-corrected chi connectivity index (χ0v) is 17.2. The number of H-pyrrole nitrogens is 1. The second-order valence-corrected chi connectivity index (χ2v) is 8.07. The maximum absolute atomic E-state index is 12.2. The summed E-state index contributed by atoms with van der Waals surface area (Å²) in [4.78, 5) is 42.7. The van der Waals surface area contributed by atoms with Crippen molar-refractivity contribution >= 4 is 17.4 Å². The molecule has 1 aromatic carbocycles. The number of nitrogens with two attached hydrogens (primary N) is 1. The number of fused-ring (bicyclic) bond motifs is 1. The van der Waals surface area contributed by atoms with E-state index in [1.165, 1.54) is 0 Å². The number of nitrogens with zero attached hydrogens (tertiary/aromatic N) is 3. The van der Waals surface area contributed by atoms with Gasteiger partial charge in [-0.05, 0) is 68.7 Å². The van der Waals surface area contributed by atoms with Crippen molar-refractivity contribution in [1.82, 2.24) is 19.7 Å². The van der Waals surface area contributed by atoms with Gasteiger partial charge in [0.15, 0.2) is 0 Å². The van der Waals surface area contributed by atoms with E-state index in [1.54, 1.807) is 0 Å². The van der Waals surface area contributed by atoms with Crippen LogP contribution in [0.25, 0.3) is 5.69 Å². The lowest BCUT2D eigenvalue weighted by Gasteiger charge is -2.16. The molecule has 1 aliphatic rings. The van der Waals surface area contributed by atoms with Gasteiger partial charge in [0, 0.05) is 12.1 Å². The van der Waals surface area contributed by atoms with Gasteiger partial charge in [-0.1, -0.05) is 0 Å². The first-order valence-corrected chi connectivity index (χ1v) is 9.49. The molecule has 0 spiro atoms. The van der Waals surface area contributed by atoms with Crippen LogP contribution in [0.2, 0.25) is 0 Å². The first-order chi connectivity index (χ1) is 14.1. The number of rotatable bonds is 3. The average Bonchev–Trinajstić information content (AvgIpc) is 2.90. The predicted molar refractivity (Wildman–Crippen MR) is 113 cm³/mol. The molecule has 1 amide bonds. The number of nitrogen functional groups attached to an aromatic ring is 1. The van der Waals surface area contributed by atoms with Gasteiger partial charge in [-0.15, -0.1) is 5.10 Å². The number of carbonyl (C=O) groups is 1. The molecule has 4 N–H and O–H groups in total. The topological polar surface area (TPSA) is 136 Å². The molecule has 9 nitrogen and oxygen atoms in total. The summed E-state index contributed by atoms with van der Waals surface area (Å²) < 4.78 is 1.08. The van der Waals surface area contributed by atoms with Gasteiger partial charge in [0.2, 0.25) is 11.7 Å². The first-order valence-electron chi connectivity index (χ1n) is 9.49. The van der Waals surface area contributed by atoms with Crippen LogP contribution in [0.15, 0.2) is 33.9 Å². The Hall–Kier alpha value is -3.75. The van der Waals surface area contributed by atoms with E-state index in [4.69, 9.17) is 10.7 Å². The number of carbonyl (C=O) groups excluding carboxylic acids is 1. The highest BCUT2D eigenvalue weighted by atomic mass is 16.2. The zero-order chi connectivity index (χ0) is 21.8. The molecule has 0 atom stereocenters. The van der Waals surface area contributed by atoms with E-state index in [2.05, 4.69) is 15.4 Å². The summed E-state index contributed by atoms with van der Waals surface area (Å²) in [5.41, 5.74) is 9.33. The van der Waals surface area contributed by atoms with Crippen LogP contribution in [-0.2, 0) is 16.6 Å². The Kier molecular flexibility index (Phi) is 4.34. The monoisotopic (exact) mass is 406 g/mol. The van der Waals surface area contributed by atoms with E-state index in [0.717, 1.165) is 38.4 Å². The summed E-state index contributed by atoms with van der Waals surface area (Å²) >= 11 is 0. The number of amides is 1. The second kappa shape index (κ2) is 6.65. The number of pyridine rings is 1. The molecule has 0 aliphatic carbocycles. The van der Waals surface area contributed by atoms with Crippen LogP contribution < -0.4 is 22.3 Å². The molecule has 3 aromatic rings. The van der Waals surface area contributed by atoms with Crippen LogP contribution in [0, 0.1) is 13.8 Å². The van der Waals surface area contributed by atoms with Gasteiger partial charge in [0.25, 0.3) is 5.56 Å². The number of aromatic nitrogens is 4. The van der Waals surface area contributed by atoms with Crippen molar-refractivity contribution in [2.24, 2.45) is 0 Å². The normalized spacial score (nSPS) is 14.5. The maximum Gasteiger partial charge on any atom is 0.349 e. The van der Waals surface area contributed by atoms with Crippen molar-refractivity contribution in [2.75, 3.05) is 11.1 Å². The van der Waals surface area contributed by atoms with Crippen LogP contribution in [-0.4, -0.2) is 25.7 Å². The standard InChI is InChI=1S/C21H22N6O3/c1-10-7-13(27-20(30)25-18(28)17(22)26-27)8-11(2)14(10)9-12-5-6-15-16(23-12)21(3,4)19(29)24-15/h5-8H,9H2,1-4H3,(H2,22,26)(H,24,29)(H,25,28,30). The number of aromatic amines is 1. The summed E-state index contributed by atoms with van der Waals surface area (Å²) in [6.45, 7) is 7.59. The van der Waals surface area contributed by atoms with Crippen molar-refractivity contribution in [1.29, 1.82) is 0 Å². The van der Waals surface area contributed by atoms with Gasteiger partial charge in [-0.2, -0.15) is 4.68 Å². The summed E-state index contributed by atoms with van der Waals surface area (Å²) in [6.07, 6.45) is 0.575. The minimum absolute atomic E-state index is 0.0584. The maximum atomic E-state index is 12.2. The van der Waals surface area contributed by atoms with E-state index >= 15 is 0 Å². The smallest absolute Gasteiger partial charge is 0.349 e. The molecule has 0 bridgehead atoms. The van der Waals surface area contributed by atoms with Gasteiger partial charge in [-0.25, -0.2) is 4.79 Å². The zero-order valence-electron chi connectivity index (χ0n) is 17.2. The van der Waals surface area contributed by atoms with E-state index in [-0.39, 0.29) is 11.7 Å². The van der Waals surface area contributed by atoms with E-state index in [9.17, 15) is 14.4 Å². The third kappa shape index (κ3) is 3.08. The highest BCUT2D eigenvalue weighted by Crippen LogP contribution is 2.36. The van der Waals surface area contributed by atoms with Crippen molar-refractivity contribution in [2.45, 2.75) is 39.5 Å². The Bertz CT molecular complexity index is 1300. The summed E-state index contributed by atoms with van der Waals surface area (Å²) in [6, 6.07) is 7.42. The van der Waals surface area contributed by atoms with Gasteiger partial charge < -0.3 is 11.1 Å². The molecule has 0 saturated carbocycles. The van der Waals surface area contributed by atoms with Gasteiger partial charge >= 0.3 is 5.69 Å². The summed E-state index contributed by atoms with van der Waals surface area (Å²) in [7, 11) is 0. The molecule has 0 unspecified atom stereocenters. The third-order valence-corrected chi connectivity index (χ3v) is 5.50. The fraction of sp³-hybridized carbons (Fsp3) is 0.286. The number of benzene rings is 1. The number of hydrogen-bond donors (Lipinski definition) is 3. The lowest BCUT2D eigenvalue weighted by atomic mass is 9.90. The van der Waals surface area contributed by atoms with Crippen molar-refractivity contribution in [3.8, 4) is 5.69 Å². The third-order valence-electron chi connectivity index (χ3n) is 5.50. The van der Waals surface area contributed by atoms with Crippen LogP contribution >= 0.6 is 0 Å². The Balaban J connectivity index is 1.72. The number of nitrogens with one attached hydrogen (secondary N) is 2. The Labute approximate surface area is 172 Å². The van der Waals surface area contributed by atoms with E-state index < -0.39 is 16.7 Å². The Morgan fingerprint density at radius 3 is 2.43 bits per heavy atom.